The highest BCUT2D eigenvalue weighted by Crippen LogP contribution is 2.55. The lowest BCUT2D eigenvalue weighted by atomic mass is 9.54. The Morgan fingerprint density at radius 1 is 1.32 bits per heavy atom. The summed E-state index contributed by atoms with van der Waals surface area (Å²) in [7, 11) is 2.83. The van der Waals surface area contributed by atoms with E-state index in [0.717, 1.165) is 12.0 Å². The van der Waals surface area contributed by atoms with E-state index in [0.29, 0.717) is 19.6 Å². The molecule has 1 N–H and O–H groups in total. The lowest BCUT2D eigenvalue weighted by molar-refractivity contribution is -0.174. The highest BCUT2D eigenvalue weighted by Gasteiger charge is 2.55. The number of rotatable bonds is 8. The second-order valence-corrected chi connectivity index (χ2v) is 8.51. The van der Waals surface area contributed by atoms with Crippen LogP contribution in [0.4, 0.5) is 0 Å². The molecule has 2 aliphatic carbocycles. The van der Waals surface area contributed by atoms with Crippen molar-refractivity contribution in [2.45, 2.75) is 52.2 Å². The maximum Gasteiger partial charge on any atom is 0.338 e. The Hall–Kier alpha value is -1.28. The molecule has 0 aliphatic heterocycles. The van der Waals surface area contributed by atoms with Crippen LogP contribution < -0.4 is 0 Å². The third-order valence-corrected chi connectivity index (χ3v) is 6.67. The molecule has 28 heavy (non-hydrogen) atoms. The van der Waals surface area contributed by atoms with Gasteiger partial charge in [-0.15, -0.1) is 0 Å². The first-order valence-electron chi connectivity index (χ1n) is 9.83. The van der Waals surface area contributed by atoms with Crippen molar-refractivity contribution in [3.8, 4) is 0 Å². The number of allylic oxidation sites excluding steroid dienone is 2. The number of methoxy groups -OCH3 is 2. The average Bonchev–Trinajstić information content (AvgIpc) is 2.64. The number of carbonyl (C=O) groups is 2. The molecule has 2 rings (SSSR count). The Balaban J connectivity index is 2.20. The Morgan fingerprint density at radius 3 is 2.61 bits per heavy atom. The van der Waals surface area contributed by atoms with Crippen molar-refractivity contribution in [2.75, 3.05) is 34.2 Å². The standard InChI is InChI=1S/C21H34O7/c1-13-9-15-10-17(22)16(21(4,24)19(23)26-6)11-20(15,3)14(2)18(13)28-12-27-8-7-25-5/h10,13-14,16,18,24H,7-9,11-12H2,1-6H3/t13-,14+,16-,18+,20-,21?/m1/s1. The minimum absolute atomic E-state index is 0.0541. The Labute approximate surface area is 167 Å². The van der Waals surface area contributed by atoms with Gasteiger partial charge in [-0.1, -0.05) is 26.3 Å². The van der Waals surface area contributed by atoms with Crippen molar-refractivity contribution in [1.29, 1.82) is 0 Å². The van der Waals surface area contributed by atoms with E-state index in [2.05, 4.69) is 20.8 Å². The van der Waals surface area contributed by atoms with Crippen LogP contribution in [0.5, 0.6) is 0 Å². The zero-order valence-electron chi connectivity index (χ0n) is 17.8. The predicted molar refractivity (Wildman–Crippen MR) is 102 cm³/mol. The van der Waals surface area contributed by atoms with Gasteiger partial charge in [-0.3, -0.25) is 4.79 Å². The van der Waals surface area contributed by atoms with Crippen LogP contribution in [0.15, 0.2) is 11.6 Å². The Bertz CT molecular complexity index is 612. The first-order chi connectivity index (χ1) is 13.1. The van der Waals surface area contributed by atoms with E-state index >= 15 is 0 Å². The molecule has 6 atom stereocenters. The van der Waals surface area contributed by atoms with Crippen molar-refractivity contribution in [2.24, 2.45) is 23.2 Å². The molecule has 0 heterocycles. The molecule has 0 aromatic heterocycles. The lowest BCUT2D eigenvalue weighted by Crippen LogP contribution is -2.55. The molecule has 2 aliphatic rings. The lowest BCUT2D eigenvalue weighted by Gasteiger charge is -2.52. The van der Waals surface area contributed by atoms with Crippen LogP contribution in [0, 0.1) is 23.2 Å². The van der Waals surface area contributed by atoms with Gasteiger partial charge >= 0.3 is 5.97 Å². The van der Waals surface area contributed by atoms with Crippen LogP contribution in [0.3, 0.4) is 0 Å². The van der Waals surface area contributed by atoms with Gasteiger partial charge in [0, 0.05) is 7.11 Å². The van der Waals surface area contributed by atoms with Crippen molar-refractivity contribution in [3.05, 3.63) is 11.6 Å². The van der Waals surface area contributed by atoms with E-state index in [9.17, 15) is 14.7 Å². The molecule has 1 saturated carbocycles. The quantitative estimate of drug-likeness (QED) is 0.380. The summed E-state index contributed by atoms with van der Waals surface area (Å²) in [5.41, 5.74) is -1.16. The van der Waals surface area contributed by atoms with E-state index < -0.39 is 17.5 Å². The van der Waals surface area contributed by atoms with E-state index in [4.69, 9.17) is 18.9 Å². The highest BCUT2D eigenvalue weighted by molar-refractivity contribution is 5.98. The van der Waals surface area contributed by atoms with Crippen molar-refractivity contribution in [3.63, 3.8) is 0 Å². The van der Waals surface area contributed by atoms with Crippen molar-refractivity contribution >= 4 is 11.8 Å². The molecule has 0 spiro atoms. The second kappa shape index (κ2) is 9.03. The van der Waals surface area contributed by atoms with Crippen LogP contribution >= 0.6 is 0 Å². The van der Waals surface area contributed by atoms with E-state index in [1.165, 1.54) is 14.0 Å². The van der Waals surface area contributed by atoms with E-state index in [1.54, 1.807) is 13.2 Å². The smallest absolute Gasteiger partial charge is 0.338 e. The van der Waals surface area contributed by atoms with Crippen molar-refractivity contribution in [1.82, 2.24) is 0 Å². The van der Waals surface area contributed by atoms with Crippen molar-refractivity contribution < 1.29 is 33.6 Å². The van der Waals surface area contributed by atoms with Crippen LogP contribution in [-0.2, 0) is 28.5 Å². The number of hydrogen-bond acceptors (Lipinski definition) is 7. The zero-order valence-corrected chi connectivity index (χ0v) is 17.8. The summed E-state index contributed by atoms with van der Waals surface area (Å²) in [6.07, 6.45) is 2.69. The number of ketones is 1. The summed E-state index contributed by atoms with van der Waals surface area (Å²) in [5.74, 6) is -1.54. The first-order valence-corrected chi connectivity index (χ1v) is 9.83. The molecule has 0 radical (unpaired) electrons. The molecule has 0 saturated heterocycles. The van der Waals surface area contributed by atoms with Crippen LogP contribution in [-0.4, -0.2) is 62.8 Å². The van der Waals surface area contributed by atoms with Gasteiger partial charge in [0.25, 0.3) is 0 Å². The topological polar surface area (TPSA) is 91.3 Å². The van der Waals surface area contributed by atoms with Gasteiger partial charge in [-0.05, 0) is 43.1 Å². The van der Waals surface area contributed by atoms with Crippen LogP contribution in [0.2, 0.25) is 0 Å². The molecule has 0 aromatic rings. The summed E-state index contributed by atoms with van der Waals surface area (Å²) < 4.78 is 21.2. The summed E-state index contributed by atoms with van der Waals surface area (Å²) in [5, 5.41) is 10.7. The van der Waals surface area contributed by atoms with Crippen LogP contribution in [0.1, 0.15) is 40.5 Å². The predicted octanol–water partition coefficient (Wildman–Crippen LogP) is 2.11. The number of esters is 1. The molecule has 1 unspecified atom stereocenters. The number of ether oxygens (including phenoxy) is 4. The molecule has 160 valence electrons. The third-order valence-electron chi connectivity index (χ3n) is 6.67. The number of hydrogen-bond donors (Lipinski definition) is 1. The third kappa shape index (κ3) is 4.32. The number of aliphatic hydroxyl groups is 1. The zero-order chi connectivity index (χ0) is 21.1. The fourth-order valence-corrected chi connectivity index (χ4v) is 4.64. The van der Waals surface area contributed by atoms with Gasteiger partial charge in [-0.25, -0.2) is 4.79 Å². The maximum absolute atomic E-state index is 12.7. The Kier molecular flexibility index (Phi) is 7.42. The number of fused-ring (bicyclic) bond motifs is 1. The fraction of sp³-hybridized carbons (Fsp3) is 0.810. The molecule has 7 nitrogen and oxygen atoms in total. The van der Waals surface area contributed by atoms with Gasteiger partial charge < -0.3 is 24.1 Å². The fourth-order valence-electron chi connectivity index (χ4n) is 4.64. The average molecular weight is 398 g/mol. The van der Waals surface area contributed by atoms with E-state index in [1.807, 2.05) is 0 Å². The minimum Gasteiger partial charge on any atom is -0.467 e. The van der Waals surface area contributed by atoms with Gasteiger partial charge in [-0.2, -0.15) is 0 Å². The molecule has 1 fully saturated rings. The maximum atomic E-state index is 12.7. The summed E-state index contributed by atoms with van der Waals surface area (Å²) in [6, 6.07) is 0. The minimum atomic E-state index is -1.86. The molecule has 7 heteroatoms. The highest BCUT2D eigenvalue weighted by atomic mass is 16.7. The van der Waals surface area contributed by atoms with Gasteiger partial charge in [0.05, 0.1) is 32.3 Å². The normalized spacial score (nSPS) is 35.0. The first kappa shape index (κ1) is 23.0. The molecule has 0 amide bonds. The summed E-state index contributed by atoms with van der Waals surface area (Å²) >= 11 is 0. The van der Waals surface area contributed by atoms with Gasteiger partial charge in [0.1, 0.15) is 6.79 Å². The summed E-state index contributed by atoms with van der Waals surface area (Å²) in [4.78, 5) is 24.8. The summed E-state index contributed by atoms with van der Waals surface area (Å²) in [6.45, 7) is 8.81. The second-order valence-electron chi connectivity index (χ2n) is 8.51. The molecule has 0 aromatic carbocycles. The van der Waals surface area contributed by atoms with E-state index in [-0.39, 0.29) is 35.9 Å². The van der Waals surface area contributed by atoms with Crippen LogP contribution in [0.25, 0.3) is 0 Å². The molecular weight excluding hydrogens is 364 g/mol. The largest absolute Gasteiger partial charge is 0.467 e. The molecule has 0 bridgehead atoms. The molecular formula is C21H34O7. The Morgan fingerprint density at radius 2 is 2.00 bits per heavy atom. The number of carbonyl (C=O) groups excluding carboxylic acids is 2. The SMILES string of the molecule is COCCOCO[C@H]1[C@H](C)CC2=CC(=O)[C@H](C(C)(O)C(=O)OC)C[C@]2(C)[C@H]1C. The van der Waals surface area contributed by atoms with Gasteiger partial charge in [0.2, 0.25) is 0 Å². The van der Waals surface area contributed by atoms with Gasteiger partial charge in [0.15, 0.2) is 11.4 Å². The monoisotopic (exact) mass is 398 g/mol.